The molecule has 1 saturated carbocycles. The molecular weight excluding hydrogens is 250 g/mol. The second-order valence-corrected chi connectivity index (χ2v) is 5.68. The normalized spacial score (nSPS) is 16.7. The first-order valence-electron chi connectivity index (χ1n) is 7.58. The van der Waals surface area contributed by atoms with Gasteiger partial charge in [0.2, 0.25) is 0 Å². The SMILES string of the molecule is CCn1c(=O)nc(C2CCCCC2)c2ccc(C)nc21. The maximum atomic E-state index is 12.3. The largest absolute Gasteiger partial charge is 0.349 e. The number of nitrogens with zero attached hydrogens (tertiary/aromatic N) is 3. The van der Waals surface area contributed by atoms with E-state index in [4.69, 9.17) is 0 Å². The molecule has 20 heavy (non-hydrogen) atoms. The summed E-state index contributed by atoms with van der Waals surface area (Å²) >= 11 is 0. The highest BCUT2D eigenvalue weighted by Gasteiger charge is 2.21. The highest BCUT2D eigenvalue weighted by molar-refractivity contribution is 5.78. The van der Waals surface area contributed by atoms with Gasteiger partial charge >= 0.3 is 5.69 Å². The number of rotatable bonds is 2. The van der Waals surface area contributed by atoms with Crippen molar-refractivity contribution in [2.45, 2.75) is 58.4 Å². The van der Waals surface area contributed by atoms with Crippen LogP contribution in [0.1, 0.15) is 56.3 Å². The van der Waals surface area contributed by atoms with Gasteiger partial charge in [-0.05, 0) is 38.8 Å². The third kappa shape index (κ3) is 2.23. The third-order valence-corrected chi connectivity index (χ3v) is 4.30. The van der Waals surface area contributed by atoms with Gasteiger partial charge in [-0.25, -0.2) is 9.78 Å². The molecule has 1 aliphatic rings. The summed E-state index contributed by atoms with van der Waals surface area (Å²) in [4.78, 5) is 21.2. The highest BCUT2D eigenvalue weighted by Crippen LogP contribution is 2.34. The topological polar surface area (TPSA) is 47.8 Å². The van der Waals surface area contributed by atoms with Crippen LogP contribution in [0.5, 0.6) is 0 Å². The Labute approximate surface area is 118 Å². The summed E-state index contributed by atoms with van der Waals surface area (Å²) in [5.74, 6) is 0.426. The molecule has 1 fully saturated rings. The van der Waals surface area contributed by atoms with E-state index in [1.807, 2.05) is 19.9 Å². The fourth-order valence-corrected chi connectivity index (χ4v) is 3.24. The van der Waals surface area contributed by atoms with Gasteiger partial charge < -0.3 is 0 Å². The molecule has 0 saturated heterocycles. The van der Waals surface area contributed by atoms with Crippen LogP contribution in [0.2, 0.25) is 0 Å². The molecule has 0 aliphatic heterocycles. The third-order valence-electron chi connectivity index (χ3n) is 4.30. The predicted octanol–water partition coefficient (Wildman–Crippen LogP) is 3.17. The number of hydrogen-bond donors (Lipinski definition) is 0. The maximum Gasteiger partial charge on any atom is 0.349 e. The van der Waals surface area contributed by atoms with Crippen molar-refractivity contribution in [1.82, 2.24) is 14.5 Å². The van der Waals surface area contributed by atoms with E-state index in [0.29, 0.717) is 12.5 Å². The molecule has 1 aliphatic carbocycles. The van der Waals surface area contributed by atoms with E-state index >= 15 is 0 Å². The molecule has 106 valence electrons. The second-order valence-electron chi connectivity index (χ2n) is 5.68. The summed E-state index contributed by atoms with van der Waals surface area (Å²) in [5, 5.41) is 1.06. The molecule has 4 heteroatoms. The molecule has 3 rings (SSSR count). The Bertz CT molecular complexity index is 684. The zero-order chi connectivity index (χ0) is 14.1. The molecular formula is C16H21N3O. The fourth-order valence-electron chi connectivity index (χ4n) is 3.24. The zero-order valence-corrected chi connectivity index (χ0v) is 12.2. The molecule has 0 atom stereocenters. The zero-order valence-electron chi connectivity index (χ0n) is 12.2. The molecule has 0 unspecified atom stereocenters. The summed E-state index contributed by atoms with van der Waals surface area (Å²) in [6.45, 7) is 4.54. The first kappa shape index (κ1) is 13.3. The van der Waals surface area contributed by atoms with Crippen molar-refractivity contribution in [2.24, 2.45) is 0 Å². The number of aromatic nitrogens is 3. The number of fused-ring (bicyclic) bond motifs is 1. The van der Waals surface area contributed by atoms with Gasteiger partial charge in [0.05, 0.1) is 5.69 Å². The van der Waals surface area contributed by atoms with Gasteiger partial charge in [-0.2, -0.15) is 4.98 Å². The predicted molar refractivity (Wildman–Crippen MR) is 80.0 cm³/mol. The van der Waals surface area contributed by atoms with Crippen LogP contribution in [0.15, 0.2) is 16.9 Å². The first-order chi connectivity index (χ1) is 9.70. The lowest BCUT2D eigenvalue weighted by Gasteiger charge is -2.22. The molecule has 0 radical (unpaired) electrons. The molecule has 0 N–H and O–H groups in total. The van der Waals surface area contributed by atoms with Crippen molar-refractivity contribution in [3.63, 3.8) is 0 Å². The Balaban J connectivity index is 2.24. The molecule has 2 aromatic rings. The van der Waals surface area contributed by atoms with Crippen LogP contribution in [-0.4, -0.2) is 14.5 Å². The van der Waals surface area contributed by atoms with Gasteiger partial charge in [-0.1, -0.05) is 19.3 Å². The molecule has 2 aromatic heterocycles. The molecule has 0 aromatic carbocycles. The van der Waals surface area contributed by atoms with E-state index in [1.54, 1.807) is 4.57 Å². The van der Waals surface area contributed by atoms with E-state index in [0.717, 1.165) is 35.3 Å². The van der Waals surface area contributed by atoms with Crippen molar-refractivity contribution in [3.05, 3.63) is 34.0 Å². The quantitative estimate of drug-likeness (QED) is 0.843. The molecule has 4 nitrogen and oxygen atoms in total. The Morgan fingerprint density at radius 3 is 2.65 bits per heavy atom. The van der Waals surface area contributed by atoms with Crippen LogP contribution in [-0.2, 0) is 6.54 Å². The number of pyridine rings is 1. The average Bonchev–Trinajstić information content (AvgIpc) is 2.47. The van der Waals surface area contributed by atoms with Crippen molar-refractivity contribution >= 4 is 11.0 Å². The molecule has 0 spiro atoms. The molecule has 0 amide bonds. The second kappa shape index (κ2) is 5.35. The van der Waals surface area contributed by atoms with Gasteiger partial charge in [0.1, 0.15) is 5.65 Å². The van der Waals surface area contributed by atoms with E-state index in [-0.39, 0.29) is 5.69 Å². The van der Waals surface area contributed by atoms with E-state index in [2.05, 4.69) is 16.0 Å². The van der Waals surface area contributed by atoms with Crippen LogP contribution >= 0.6 is 0 Å². The van der Waals surface area contributed by atoms with Gasteiger partial charge in [-0.15, -0.1) is 0 Å². The van der Waals surface area contributed by atoms with Gasteiger partial charge in [0.25, 0.3) is 0 Å². The minimum absolute atomic E-state index is 0.154. The summed E-state index contributed by atoms with van der Waals surface area (Å²) in [5.41, 5.74) is 2.56. The Kier molecular flexibility index (Phi) is 3.55. The molecule has 2 heterocycles. The summed E-state index contributed by atoms with van der Waals surface area (Å²) in [6, 6.07) is 4.10. The van der Waals surface area contributed by atoms with Gasteiger partial charge in [0, 0.05) is 23.5 Å². The summed E-state index contributed by atoms with van der Waals surface area (Å²) in [6.07, 6.45) is 6.07. The van der Waals surface area contributed by atoms with Crippen molar-refractivity contribution in [3.8, 4) is 0 Å². The lowest BCUT2D eigenvalue weighted by molar-refractivity contribution is 0.437. The van der Waals surface area contributed by atoms with Crippen LogP contribution < -0.4 is 5.69 Å². The van der Waals surface area contributed by atoms with Gasteiger partial charge in [0.15, 0.2) is 0 Å². The number of hydrogen-bond acceptors (Lipinski definition) is 3. The van der Waals surface area contributed by atoms with Crippen LogP contribution in [0, 0.1) is 6.92 Å². The van der Waals surface area contributed by atoms with Crippen LogP contribution in [0.3, 0.4) is 0 Å². The highest BCUT2D eigenvalue weighted by atomic mass is 16.1. The lowest BCUT2D eigenvalue weighted by atomic mass is 9.85. The fraction of sp³-hybridized carbons (Fsp3) is 0.562. The lowest BCUT2D eigenvalue weighted by Crippen LogP contribution is -2.26. The van der Waals surface area contributed by atoms with Crippen LogP contribution in [0.4, 0.5) is 0 Å². The minimum atomic E-state index is -0.154. The standard InChI is InChI=1S/C16H21N3O/c1-3-19-15-13(10-9-11(2)17-15)14(18-16(19)20)12-7-5-4-6-8-12/h9-10,12H,3-8H2,1-2H3. The van der Waals surface area contributed by atoms with Crippen molar-refractivity contribution in [1.29, 1.82) is 0 Å². The van der Waals surface area contributed by atoms with E-state index < -0.39 is 0 Å². The van der Waals surface area contributed by atoms with Crippen molar-refractivity contribution < 1.29 is 0 Å². The van der Waals surface area contributed by atoms with Crippen molar-refractivity contribution in [2.75, 3.05) is 0 Å². The summed E-state index contributed by atoms with van der Waals surface area (Å²) < 4.78 is 1.68. The Morgan fingerprint density at radius 1 is 1.20 bits per heavy atom. The van der Waals surface area contributed by atoms with E-state index in [9.17, 15) is 4.79 Å². The molecule has 0 bridgehead atoms. The van der Waals surface area contributed by atoms with Gasteiger partial charge in [-0.3, -0.25) is 4.57 Å². The van der Waals surface area contributed by atoms with E-state index in [1.165, 1.54) is 19.3 Å². The monoisotopic (exact) mass is 271 g/mol. The first-order valence-corrected chi connectivity index (χ1v) is 7.58. The van der Waals surface area contributed by atoms with Crippen LogP contribution in [0.25, 0.3) is 11.0 Å². The maximum absolute atomic E-state index is 12.3. The smallest absolute Gasteiger partial charge is 0.276 e. The summed E-state index contributed by atoms with van der Waals surface area (Å²) in [7, 11) is 0. The number of aryl methyl sites for hydroxylation is 2. The Hall–Kier alpha value is -1.71. The minimum Gasteiger partial charge on any atom is -0.276 e. The average molecular weight is 271 g/mol. The Morgan fingerprint density at radius 2 is 1.95 bits per heavy atom.